The lowest BCUT2D eigenvalue weighted by Gasteiger charge is -2.20. The van der Waals surface area contributed by atoms with Gasteiger partial charge in [0, 0.05) is 16.9 Å². The summed E-state index contributed by atoms with van der Waals surface area (Å²) in [5.74, 6) is -0.0392. The average molecular weight is 363 g/mol. The van der Waals surface area contributed by atoms with Crippen molar-refractivity contribution >= 4 is 37.6 Å². The maximum absolute atomic E-state index is 12.4. The Morgan fingerprint density at radius 1 is 1.28 bits per heavy atom. The van der Waals surface area contributed by atoms with Crippen molar-refractivity contribution in [2.24, 2.45) is 0 Å². The molecule has 0 heterocycles. The van der Waals surface area contributed by atoms with Crippen molar-refractivity contribution in [3.63, 3.8) is 0 Å². The van der Waals surface area contributed by atoms with E-state index in [9.17, 15) is 17.2 Å². The van der Waals surface area contributed by atoms with Gasteiger partial charge in [0.15, 0.2) is 0 Å². The van der Waals surface area contributed by atoms with E-state index in [1.807, 2.05) is 0 Å². The first-order valence-electron chi connectivity index (χ1n) is 4.97. The Kier molecular flexibility index (Phi) is 5.97. The van der Waals surface area contributed by atoms with Crippen LogP contribution < -0.4 is 0 Å². The van der Waals surface area contributed by atoms with E-state index < -0.39 is 23.0 Å². The van der Waals surface area contributed by atoms with Crippen LogP contribution in [0.2, 0.25) is 0 Å². The summed E-state index contributed by atoms with van der Waals surface area (Å²) in [6, 6.07) is 5.78. The van der Waals surface area contributed by atoms with Crippen LogP contribution in [0.4, 0.5) is 8.78 Å². The molecule has 1 rings (SSSR count). The molecule has 0 aliphatic carbocycles. The van der Waals surface area contributed by atoms with Crippen LogP contribution >= 0.6 is 27.5 Å². The minimum Gasteiger partial charge on any atom is -0.209 e. The van der Waals surface area contributed by atoms with Crippen molar-refractivity contribution in [2.45, 2.75) is 11.3 Å². The van der Waals surface area contributed by atoms with Gasteiger partial charge >= 0.3 is 0 Å². The monoisotopic (exact) mass is 361 g/mol. The molecule has 0 spiro atoms. The number of alkyl halides is 3. The molecular weight excluding hydrogens is 352 g/mol. The van der Waals surface area contributed by atoms with Gasteiger partial charge in [0.25, 0.3) is 6.43 Å². The number of benzene rings is 1. The minimum atomic E-state index is -3.93. The Labute approximate surface area is 118 Å². The lowest BCUT2D eigenvalue weighted by atomic mass is 10.4. The van der Waals surface area contributed by atoms with E-state index in [1.54, 1.807) is 0 Å². The van der Waals surface area contributed by atoms with Gasteiger partial charge in [-0.2, -0.15) is 4.31 Å². The molecule has 3 nitrogen and oxygen atoms in total. The molecule has 0 unspecified atom stereocenters. The molecule has 0 aromatic heterocycles. The summed E-state index contributed by atoms with van der Waals surface area (Å²) in [6.45, 7) is -1.00. The largest absolute Gasteiger partial charge is 0.252 e. The molecule has 1 aromatic carbocycles. The first-order chi connectivity index (χ1) is 8.37. The Morgan fingerprint density at radius 3 is 2.28 bits per heavy atom. The maximum atomic E-state index is 12.4. The summed E-state index contributed by atoms with van der Waals surface area (Å²) in [7, 11) is -3.93. The molecule has 8 heteroatoms. The van der Waals surface area contributed by atoms with Crippen molar-refractivity contribution in [1.82, 2.24) is 4.31 Å². The van der Waals surface area contributed by atoms with Gasteiger partial charge in [-0.3, -0.25) is 0 Å². The van der Waals surface area contributed by atoms with Crippen molar-refractivity contribution < 1.29 is 17.2 Å². The molecule has 0 radical (unpaired) electrons. The van der Waals surface area contributed by atoms with E-state index in [2.05, 4.69) is 15.9 Å². The fourth-order valence-corrected chi connectivity index (χ4v) is 3.30. The highest BCUT2D eigenvalue weighted by molar-refractivity contribution is 9.10. The van der Waals surface area contributed by atoms with Crippen molar-refractivity contribution in [3.05, 3.63) is 28.7 Å². The maximum Gasteiger partial charge on any atom is 0.252 e. The fourth-order valence-electron chi connectivity index (χ4n) is 1.31. The number of hydrogen-bond donors (Lipinski definition) is 0. The summed E-state index contributed by atoms with van der Waals surface area (Å²) >= 11 is 8.61. The van der Waals surface area contributed by atoms with Crippen molar-refractivity contribution in [2.75, 3.05) is 19.0 Å². The second kappa shape index (κ2) is 6.79. The summed E-state index contributed by atoms with van der Waals surface area (Å²) in [5.41, 5.74) is 0. The van der Waals surface area contributed by atoms with Gasteiger partial charge in [0.1, 0.15) is 0 Å². The first kappa shape index (κ1) is 15.8. The molecule has 0 N–H and O–H groups in total. The van der Waals surface area contributed by atoms with Crippen LogP contribution in [0.1, 0.15) is 0 Å². The van der Waals surface area contributed by atoms with Gasteiger partial charge in [-0.15, -0.1) is 11.6 Å². The third kappa shape index (κ3) is 4.15. The fraction of sp³-hybridized carbons (Fsp3) is 0.400. The minimum absolute atomic E-state index is 0.0310. The normalized spacial score (nSPS) is 12.3. The Balaban J connectivity index is 3.04. The zero-order valence-corrected chi connectivity index (χ0v) is 12.4. The zero-order valence-electron chi connectivity index (χ0n) is 9.19. The molecule has 0 bridgehead atoms. The van der Waals surface area contributed by atoms with E-state index in [-0.39, 0.29) is 17.3 Å². The highest BCUT2D eigenvalue weighted by Gasteiger charge is 2.26. The van der Waals surface area contributed by atoms with Gasteiger partial charge in [0.05, 0.1) is 11.4 Å². The molecule has 102 valence electrons. The summed E-state index contributed by atoms with van der Waals surface area (Å²) < 4.78 is 50.3. The quantitative estimate of drug-likeness (QED) is 0.730. The Bertz CT molecular complexity index is 481. The van der Waals surface area contributed by atoms with Crippen molar-refractivity contribution in [3.8, 4) is 0 Å². The molecule has 0 saturated carbocycles. The molecule has 0 aliphatic heterocycles. The predicted octanol–water partition coefficient (Wildman–Crippen LogP) is 2.94. The highest BCUT2D eigenvalue weighted by Crippen LogP contribution is 2.19. The lowest BCUT2D eigenvalue weighted by Crippen LogP contribution is -2.36. The molecule has 0 fully saturated rings. The van der Waals surface area contributed by atoms with E-state index in [4.69, 9.17) is 11.6 Å². The molecule has 0 saturated heterocycles. The third-order valence-electron chi connectivity index (χ3n) is 2.13. The average Bonchev–Trinajstić information content (AvgIpc) is 2.28. The number of rotatable bonds is 6. The van der Waals surface area contributed by atoms with Gasteiger partial charge in [0.2, 0.25) is 10.0 Å². The first-order valence-corrected chi connectivity index (χ1v) is 7.74. The van der Waals surface area contributed by atoms with Gasteiger partial charge < -0.3 is 0 Å². The molecule has 0 aliphatic rings. The van der Waals surface area contributed by atoms with Crippen LogP contribution in [-0.2, 0) is 10.0 Å². The number of hydrogen-bond acceptors (Lipinski definition) is 2. The van der Waals surface area contributed by atoms with Gasteiger partial charge in [-0.25, -0.2) is 17.2 Å². The number of halogens is 4. The Hall–Kier alpha value is -0.240. The number of sulfonamides is 1. The Morgan fingerprint density at radius 2 is 1.83 bits per heavy atom. The topological polar surface area (TPSA) is 37.4 Å². The van der Waals surface area contributed by atoms with Crippen LogP contribution in [-0.4, -0.2) is 38.1 Å². The molecule has 18 heavy (non-hydrogen) atoms. The van der Waals surface area contributed by atoms with Crippen LogP contribution in [0, 0.1) is 0 Å². The van der Waals surface area contributed by atoms with Crippen LogP contribution in [0.15, 0.2) is 33.6 Å². The number of nitrogens with zero attached hydrogens (tertiary/aromatic N) is 1. The molecule has 0 atom stereocenters. The van der Waals surface area contributed by atoms with Gasteiger partial charge in [-0.05, 0) is 24.3 Å². The van der Waals surface area contributed by atoms with Crippen LogP contribution in [0.25, 0.3) is 0 Å². The molecule has 0 amide bonds. The molecule has 1 aromatic rings. The summed E-state index contributed by atoms with van der Waals surface area (Å²) in [6.07, 6.45) is -2.74. The van der Waals surface area contributed by atoms with E-state index in [0.29, 0.717) is 8.78 Å². The van der Waals surface area contributed by atoms with E-state index in [0.717, 1.165) is 0 Å². The van der Waals surface area contributed by atoms with Crippen LogP contribution in [0.3, 0.4) is 0 Å². The van der Waals surface area contributed by atoms with E-state index in [1.165, 1.54) is 24.3 Å². The zero-order chi connectivity index (χ0) is 13.8. The van der Waals surface area contributed by atoms with Crippen LogP contribution in [0.5, 0.6) is 0 Å². The smallest absolute Gasteiger partial charge is 0.209 e. The summed E-state index contributed by atoms with van der Waals surface area (Å²) in [5, 5.41) is 0. The summed E-state index contributed by atoms with van der Waals surface area (Å²) in [4.78, 5) is -0.0310. The second-order valence-corrected chi connectivity index (χ2v) is 6.63. The van der Waals surface area contributed by atoms with E-state index >= 15 is 0 Å². The predicted molar refractivity (Wildman–Crippen MR) is 69.6 cm³/mol. The second-order valence-electron chi connectivity index (χ2n) is 3.40. The van der Waals surface area contributed by atoms with Gasteiger partial charge in [-0.1, -0.05) is 15.9 Å². The highest BCUT2D eigenvalue weighted by atomic mass is 79.9. The molecular formula is C10H11BrClF2NO2S. The third-order valence-corrected chi connectivity index (χ3v) is 4.70. The van der Waals surface area contributed by atoms with Crippen molar-refractivity contribution in [1.29, 1.82) is 0 Å². The lowest BCUT2D eigenvalue weighted by molar-refractivity contribution is 0.121. The SMILES string of the molecule is O=S(=O)(c1ccc(Br)cc1)N(CCCl)CC(F)F. The standard InChI is InChI=1S/C10H11BrClF2NO2S/c11-8-1-3-9(4-2-8)18(16,17)15(6-5-12)7-10(13)14/h1-4,10H,5-7H2.